The third kappa shape index (κ3) is 4.60. The van der Waals surface area contributed by atoms with Gasteiger partial charge in [-0.05, 0) is 25.0 Å². The largest absolute Gasteiger partial charge is 0.341 e. The van der Waals surface area contributed by atoms with Gasteiger partial charge in [-0.15, -0.1) is 11.8 Å². The van der Waals surface area contributed by atoms with Gasteiger partial charge in [0.2, 0.25) is 16.0 Å². The van der Waals surface area contributed by atoms with Crippen molar-refractivity contribution in [1.29, 1.82) is 0 Å². The molecule has 1 fully saturated rings. The second-order valence-electron chi connectivity index (χ2n) is 5.00. The lowest BCUT2D eigenvalue weighted by molar-refractivity contribution is 0.407. The SMILES string of the molecule is CSc1cnc(N2CCCC(CNS(C)(=O)=O)C2)nc1. The van der Waals surface area contributed by atoms with Crippen LogP contribution in [0.25, 0.3) is 0 Å². The lowest BCUT2D eigenvalue weighted by atomic mass is 9.99. The standard InChI is InChI=1S/C12H20N4O2S2/c1-19-11-7-13-12(14-8-11)16-5-3-4-10(9-16)6-15-20(2,17)18/h7-8,10,15H,3-6,9H2,1-2H3. The van der Waals surface area contributed by atoms with E-state index in [1.165, 1.54) is 6.26 Å². The molecule has 0 spiro atoms. The molecule has 1 aromatic rings. The number of aromatic nitrogens is 2. The van der Waals surface area contributed by atoms with Crippen molar-refractivity contribution in [2.24, 2.45) is 5.92 Å². The van der Waals surface area contributed by atoms with Crippen molar-refractivity contribution in [2.75, 3.05) is 37.0 Å². The molecule has 1 N–H and O–H groups in total. The van der Waals surface area contributed by atoms with Gasteiger partial charge in [-0.2, -0.15) is 0 Å². The summed E-state index contributed by atoms with van der Waals surface area (Å²) in [6, 6.07) is 0. The van der Waals surface area contributed by atoms with Crippen LogP contribution in [0.4, 0.5) is 5.95 Å². The molecular formula is C12H20N4O2S2. The molecular weight excluding hydrogens is 296 g/mol. The second kappa shape index (κ2) is 6.73. The number of anilines is 1. The van der Waals surface area contributed by atoms with Gasteiger partial charge < -0.3 is 4.90 Å². The summed E-state index contributed by atoms with van der Waals surface area (Å²) in [5.41, 5.74) is 0. The van der Waals surface area contributed by atoms with E-state index in [0.717, 1.165) is 36.8 Å². The van der Waals surface area contributed by atoms with Gasteiger partial charge in [-0.1, -0.05) is 0 Å². The van der Waals surface area contributed by atoms with Crippen LogP contribution in [0.1, 0.15) is 12.8 Å². The first-order valence-electron chi connectivity index (χ1n) is 6.53. The number of piperidine rings is 1. The van der Waals surface area contributed by atoms with Crippen LogP contribution in [0.3, 0.4) is 0 Å². The fourth-order valence-corrected chi connectivity index (χ4v) is 3.12. The monoisotopic (exact) mass is 316 g/mol. The first-order valence-corrected chi connectivity index (χ1v) is 9.65. The Kier molecular flexibility index (Phi) is 5.22. The van der Waals surface area contributed by atoms with Crippen molar-refractivity contribution in [3.8, 4) is 0 Å². The topological polar surface area (TPSA) is 75.2 Å². The van der Waals surface area contributed by atoms with Gasteiger partial charge in [0.15, 0.2) is 0 Å². The van der Waals surface area contributed by atoms with Crippen LogP contribution in [0.5, 0.6) is 0 Å². The molecule has 1 aliphatic rings. The van der Waals surface area contributed by atoms with Crippen molar-refractivity contribution in [3.05, 3.63) is 12.4 Å². The maximum absolute atomic E-state index is 11.1. The number of thioether (sulfide) groups is 1. The highest BCUT2D eigenvalue weighted by atomic mass is 32.2. The van der Waals surface area contributed by atoms with E-state index in [9.17, 15) is 8.42 Å². The number of rotatable bonds is 5. The van der Waals surface area contributed by atoms with Gasteiger partial charge in [0.1, 0.15) is 0 Å². The highest BCUT2D eigenvalue weighted by molar-refractivity contribution is 7.98. The van der Waals surface area contributed by atoms with Crippen LogP contribution in [0.15, 0.2) is 17.3 Å². The van der Waals surface area contributed by atoms with Crippen molar-refractivity contribution < 1.29 is 8.42 Å². The van der Waals surface area contributed by atoms with E-state index in [1.807, 2.05) is 18.6 Å². The van der Waals surface area contributed by atoms with Crippen molar-refractivity contribution in [3.63, 3.8) is 0 Å². The van der Waals surface area contributed by atoms with E-state index in [2.05, 4.69) is 19.6 Å². The van der Waals surface area contributed by atoms with Gasteiger partial charge in [-0.25, -0.2) is 23.1 Å². The van der Waals surface area contributed by atoms with Crippen LogP contribution >= 0.6 is 11.8 Å². The lowest BCUT2D eigenvalue weighted by Gasteiger charge is -2.32. The molecule has 0 saturated carbocycles. The summed E-state index contributed by atoms with van der Waals surface area (Å²) in [6.45, 7) is 2.20. The molecule has 0 aromatic carbocycles. The summed E-state index contributed by atoms with van der Waals surface area (Å²) in [6.07, 6.45) is 8.90. The Morgan fingerprint density at radius 1 is 1.45 bits per heavy atom. The summed E-state index contributed by atoms with van der Waals surface area (Å²) in [5, 5.41) is 0. The molecule has 2 rings (SSSR count). The molecule has 0 bridgehead atoms. The first kappa shape index (κ1) is 15.5. The van der Waals surface area contributed by atoms with E-state index in [-0.39, 0.29) is 0 Å². The van der Waals surface area contributed by atoms with Gasteiger partial charge in [0, 0.05) is 36.9 Å². The minimum Gasteiger partial charge on any atom is -0.341 e. The molecule has 6 nitrogen and oxygen atoms in total. The summed E-state index contributed by atoms with van der Waals surface area (Å²) >= 11 is 1.62. The van der Waals surface area contributed by atoms with Crippen molar-refractivity contribution in [1.82, 2.24) is 14.7 Å². The van der Waals surface area contributed by atoms with Crippen molar-refractivity contribution in [2.45, 2.75) is 17.7 Å². The normalized spacial score (nSPS) is 20.1. The lowest BCUT2D eigenvalue weighted by Crippen LogP contribution is -2.41. The van der Waals surface area contributed by atoms with E-state index in [1.54, 1.807) is 11.8 Å². The third-order valence-corrected chi connectivity index (χ3v) is 4.66. The molecule has 8 heteroatoms. The average molecular weight is 316 g/mol. The minimum absolute atomic E-state index is 0.308. The number of nitrogens with one attached hydrogen (secondary N) is 1. The number of nitrogens with zero attached hydrogens (tertiary/aromatic N) is 3. The molecule has 1 atom stereocenters. The summed E-state index contributed by atoms with van der Waals surface area (Å²) in [4.78, 5) is 11.9. The third-order valence-electron chi connectivity index (χ3n) is 3.29. The Morgan fingerprint density at radius 2 is 2.15 bits per heavy atom. The zero-order valence-corrected chi connectivity index (χ0v) is 13.4. The Bertz CT molecular complexity index is 533. The van der Waals surface area contributed by atoms with Crippen LogP contribution in [-0.4, -0.2) is 50.5 Å². The van der Waals surface area contributed by atoms with Gasteiger partial charge >= 0.3 is 0 Å². The number of sulfonamides is 1. The zero-order valence-electron chi connectivity index (χ0n) is 11.7. The van der Waals surface area contributed by atoms with Crippen LogP contribution < -0.4 is 9.62 Å². The minimum atomic E-state index is -3.12. The summed E-state index contributed by atoms with van der Waals surface area (Å²) in [5.74, 6) is 1.04. The highest BCUT2D eigenvalue weighted by Gasteiger charge is 2.22. The maximum atomic E-state index is 11.1. The van der Waals surface area contributed by atoms with Crippen molar-refractivity contribution >= 4 is 27.7 Å². The van der Waals surface area contributed by atoms with E-state index in [0.29, 0.717) is 12.5 Å². The molecule has 0 radical (unpaired) electrons. The fraction of sp³-hybridized carbons (Fsp3) is 0.667. The van der Waals surface area contributed by atoms with Crippen LogP contribution in [-0.2, 0) is 10.0 Å². The predicted octanol–water partition coefficient (Wildman–Crippen LogP) is 0.964. The molecule has 1 aromatic heterocycles. The molecule has 20 heavy (non-hydrogen) atoms. The molecule has 1 saturated heterocycles. The molecule has 2 heterocycles. The summed E-state index contributed by atoms with van der Waals surface area (Å²) in [7, 11) is -3.12. The molecule has 0 aliphatic carbocycles. The predicted molar refractivity (Wildman–Crippen MR) is 81.6 cm³/mol. The Labute approximate surface area is 124 Å². The number of hydrogen-bond acceptors (Lipinski definition) is 6. The summed E-state index contributed by atoms with van der Waals surface area (Å²) < 4.78 is 24.9. The highest BCUT2D eigenvalue weighted by Crippen LogP contribution is 2.21. The molecule has 1 aliphatic heterocycles. The Morgan fingerprint density at radius 3 is 2.75 bits per heavy atom. The molecule has 1 unspecified atom stereocenters. The first-order chi connectivity index (χ1) is 9.48. The maximum Gasteiger partial charge on any atom is 0.225 e. The van der Waals surface area contributed by atoms with Crippen LogP contribution in [0, 0.1) is 5.92 Å². The molecule has 112 valence electrons. The van der Waals surface area contributed by atoms with Gasteiger partial charge in [-0.3, -0.25) is 0 Å². The van der Waals surface area contributed by atoms with E-state index in [4.69, 9.17) is 0 Å². The zero-order chi connectivity index (χ0) is 14.6. The fourth-order valence-electron chi connectivity index (χ4n) is 2.26. The Hall–Kier alpha value is -0.860. The molecule has 0 amide bonds. The van der Waals surface area contributed by atoms with E-state index < -0.39 is 10.0 Å². The van der Waals surface area contributed by atoms with Crippen LogP contribution in [0.2, 0.25) is 0 Å². The quantitative estimate of drug-likeness (QED) is 0.816. The number of hydrogen-bond donors (Lipinski definition) is 1. The van der Waals surface area contributed by atoms with E-state index >= 15 is 0 Å². The smallest absolute Gasteiger partial charge is 0.225 e. The second-order valence-corrected chi connectivity index (χ2v) is 7.71. The average Bonchev–Trinajstić information content (AvgIpc) is 2.45. The Balaban J connectivity index is 1.95. The van der Waals surface area contributed by atoms with Gasteiger partial charge in [0.05, 0.1) is 6.26 Å². The van der Waals surface area contributed by atoms with Gasteiger partial charge in [0.25, 0.3) is 0 Å².